The van der Waals surface area contributed by atoms with Gasteiger partial charge in [-0.05, 0) is 40.8 Å². The third kappa shape index (κ3) is 2.50. The highest BCUT2D eigenvalue weighted by molar-refractivity contribution is 6.42. The molecule has 1 heterocycles. The molecule has 0 atom stereocenters. The second kappa shape index (κ2) is 5.40. The lowest BCUT2D eigenvalue weighted by atomic mass is 10.2. The molecule has 0 saturated heterocycles. The normalized spacial score (nSPS) is 10.8. The molecule has 0 aliphatic rings. The van der Waals surface area contributed by atoms with Crippen LogP contribution in [0.3, 0.4) is 0 Å². The summed E-state index contributed by atoms with van der Waals surface area (Å²) in [4.78, 5) is 0. The number of halogens is 3. The van der Waals surface area contributed by atoms with Crippen molar-refractivity contribution in [3.8, 4) is 17.1 Å². The average Bonchev–Trinajstić information content (AvgIpc) is 2.91. The van der Waals surface area contributed by atoms with Crippen LogP contribution in [0.1, 0.15) is 0 Å². The highest BCUT2D eigenvalue weighted by atomic mass is 35.5. The van der Waals surface area contributed by atoms with Crippen LogP contribution >= 0.6 is 34.8 Å². The Morgan fingerprint density at radius 1 is 0.900 bits per heavy atom. The fourth-order valence-corrected chi connectivity index (χ4v) is 2.27. The lowest BCUT2D eigenvalue weighted by Gasteiger charge is -2.06. The summed E-state index contributed by atoms with van der Waals surface area (Å²) in [6.45, 7) is 0. The predicted molar refractivity (Wildman–Crippen MR) is 79.6 cm³/mol. The van der Waals surface area contributed by atoms with E-state index in [4.69, 9.17) is 34.8 Å². The molecule has 2 aromatic carbocycles. The van der Waals surface area contributed by atoms with E-state index in [1.165, 1.54) is 0 Å². The Labute approximate surface area is 129 Å². The van der Waals surface area contributed by atoms with Crippen molar-refractivity contribution in [2.45, 2.75) is 0 Å². The molecule has 3 rings (SSSR count). The monoisotopic (exact) mass is 324 g/mol. The molecule has 0 spiro atoms. The van der Waals surface area contributed by atoms with Gasteiger partial charge in [0.2, 0.25) is 0 Å². The molecule has 0 N–H and O–H groups in total. The minimum absolute atomic E-state index is 0.441. The molecule has 0 bridgehead atoms. The number of nitrogens with zero attached hydrogens (tertiary/aromatic N) is 4. The van der Waals surface area contributed by atoms with Crippen LogP contribution in [-0.4, -0.2) is 20.2 Å². The van der Waals surface area contributed by atoms with Gasteiger partial charge < -0.3 is 0 Å². The molecule has 0 radical (unpaired) electrons. The van der Waals surface area contributed by atoms with Gasteiger partial charge >= 0.3 is 0 Å². The minimum atomic E-state index is 0.441. The number of rotatable bonds is 2. The van der Waals surface area contributed by atoms with Crippen LogP contribution in [0, 0.1) is 0 Å². The van der Waals surface area contributed by atoms with Gasteiger partial charge in [0.15, 0.2) is 5.82 Å². The van der Waals surface area contributed by atoms with Crippen LogP contribution in [0.5, 0.6) is 0 Å². The van der Waals surface area contributed by atoms with Crippen LogP contribution in [0.2, 0.25) is 15.1 Å². The summed E-state index contributed by atoms with van der Waals surface area (Å²) in [6.07, 6.45) is 0. The van der Waals surface area contributed by atoms with Crippen LogP contribution in [0.25, 0.3) is 17.1 Å². The summed E-state index contributed by atoms with van der Waals surface area (Å²) < 4.78 is 1.58. The Morgan fingerprint density at radius 2 is 1.75 bits per heavy atom. The highest BCUT2D eigenvalue weighted by Gasteiger charge is 2.12. The molecule has 0 amide bonds. The van der Waals surface area contributed by atoms with E-state index in [9.17, 15) is 0 Å². The maximum absolute atomic E-state index is 6.02. The van der Waals surface area contributed by atoms with Crippen LogP contribution < -0.4 is 0 Å². The maximum atomic E-state index is 6.02. The van der Waals surface area contributed by atoms with Gasteiger partial charge in [0, 0.05) is 10.6 Å². The molecule has 0 aliphatic heterocycles. The zero-order valence-electron chi connectivity index (χ0n) is 9.96. The summed E-state index contributed by atoms with van der Waals surface area (Å²) in [6, 6.07) is 12.5. The molecular formula is C13H7Cl3N4. The van der Waals surface area contributed by atoms with Crippen molar-refractivity contribution in [1.29, 1.82) is 0 Å². The molecule has 100 valence electrons. The fourth-order valence-electron chi connectivity index (χ4n) is 1.79. The van der Waals surface area contributed by atoms with Crippen molar-refractivity contribution in [2.24, 2.45) is 0 Å². The van der Waals surface area contributed by atoms with E-state index in [-0.39, 0.29) is 0 Å². The first-order valence-corrected chi connectivity index (χ1v) is 6.78. The van der Waals surface area contributed by atoms with Crippen molar-refractivity contribution < 1.29 is 0 Å². The molecule has 0 fully saturated rings. The summed E-state index contributed by atoms with van der Waals surface area (Å²) >= 11 is 17.9. The molecule has 0 aliphatic carbocycles. The molecule has 0 saturated carbocycles. The molecular weight excluding hydrogens is 319 g/mol. The number of tetrazole rings is 1. The van der Waals surface area contributed by atoms with E-state index < -0.39 is 0 Å². The lowest BCUT2D eigenvalue weighted by Crippen LogP contribution is -1.99. The third-order valence-electron chi connectivity index (χ3n) is 2.70. The van der Waals surface area contributed by atoms with Crippen molar-refractivity contribution in [2.75, 3.05) is 0 Å². The molecule has 3 aromatic rings. The Hall–Kier alpha value is -1.62. The van der Waals surface area contributed by atoms with Gasteiger partial charge in [-0.3, -0.25) is 0 Å². The number of hydrogen-bond donors (Lipinski definition) is 0. The second-order valence-corrected chi connectivity index (χ2v) is 5.27. The van der Waals surface area contributed by atoms with Gasteiger partial charge in [0.25, 0.3) is 0 Å². The first kappa shape index (κ1) is 13.4. The molecule has 20 heavy (non-hydrogen) atoms. The van der Waals surface area contributed by atoms with Gasteiger partial charge in [-0.1, -0.05) is 46.9 Å². The van der Waals surface area contributed by atoms with Gasteiger partial charge in [-0.25, -0.2) is 0 Å². The molecule has 4 nitrogen and oxygen atoms in total. The van der Waals surface area contributed by atoms with E-state index in [2.05, 4.69) is 15.5 Å². The zero-order chi connectivity index (χ0) is 14.1. The minimum Gasteiger partial charge on any atom is -0.193 e. The van der Waals surface area contributed by atoms with E-state index in [1.54, 1.807) is 35.0 Å². The van der Waals surface area contributed by atoms with E-state index in [1.807, 2.05) is 12.1 Å². The maximum Gasteiger partial charge on any atom is 0.187 e. The Morgan fingerprint density at radius 3 is 2.50 bits per heavy atom. The van der Waals surface area contributed by atoms with Gasteiger partial charge in [0.05, 0.1) is 15.7 Å². The number of hydrogen-bond acceptors (Lipinski definition) is 3. The van der Waals surface area contributed by atoms with Gasteiger partial charge in [-0.15, -0.1) is 5.10 Å². The van der Waals surface area contributed by atoms with E-state index in [0.717, 1.165) is 11.3 Å². The Balaban J connectivity index is 2.12. The summed E-state index contributed by atoms with van der Waals surface area (Å²) in [7, 11) is 0. The smallest absolute Gasteiger partial charge is 0.187 e. The average molecular weight is 326 g/mol. The topological polar surface area (TPSA) is 43.6 Å². The first-order valence-electron chi connectivity index (χ1n) is 5.65. The molecule has 1 aromatic heterocycles. The Kier molecular flexibility index (Phi) is 3.61. The second-order valence-electron chi connectivity index (χ2n) is 4.02. The summed E-state index contributed by atoms with van der Waals surface area (Å²) in [5.41, 5.74) is 1.54. The molecule has 0 unspecified atom stereocenters. The summed E-state index contributed by atoms with van der Waals surface area (Å²) in [5.74, 6) is 0.575. The fraction of sp³-hybridized carbons (Fsp3) is 0. The predicted octanol–water partition coefficient (Wildman–Crippen LogP) is 4.29. The first-order chi connectivity index (χ1) is 9.65. The largest absolute Gasteiger partial charge is 0.193 e. The van der Waals surface area contributed by atoms with Crippen LogP contribution in [-0.2, 0) is 0 Å². The van der Waals surface area contributed by atoms with Crippen molar-refractivity contribution in [1.82, 2.24) is 20.2 Å². The SMILES string of the molecule is Clc1cccc(-c2nnnn2-c2ccc(Cl)c(Cl)c2)c1. The van der Waals surface area contributed by atoms with Gasteiger partial charge in [0.1, 0.15) is 0 Å². The quantitative estimate of drug-likeness (QED) is 0.706. The number of benzene rings is 2. The molecule has 7 heteroatoms. The van der Waals surface area contributed by atoms with E-state index in [0.29, 0.717) is 20.9 Å². The van der Waals surface area contributed by atoms with E-state index >= 15 is 0 Å². The number of aromatic nitrogens is 4. The van der Waals surface area contributed by atoms with Crippen LogP contribution in [0.15, 0.2) is 42.5 Å². The zero-order valence-corrected chi connectivity index (χ0v) is 12.2. The van der Waals surface area contributed by atoms with Gasteiger partial charge in [-0.2, -0.15) is 4.68 Å². The third-order valence-corrected chi connectivity index (χ3v) is 3.67. The van der Waals surface area contributed by atoms with Crippen LogP contribution in [0.4, 0.5) is 0 Å². The standard InChI is InChI=1S/C13H7Cl3N4/c14-9-3-1-2-8(6-9)13-17-18-19-20(13)10-4-5-11(15)12(16)7-10/h1-7H. The van der Waals surface area contributed by atoms with Crippen molar-refractivity contribution in [3.05, 3.63) is 57.5 Å². The lowest BCUT2D eigenvalue weighted by molar-refractivity contribution is 0.791. The summed E-state index contributed by atoms with van der Waals surface area (Å²) in [5, 5.41) is 13.2. The van der Waals surface area contributed by atoms with Crippen molar-refractivity contribution >= 4 is 34.8 Å². The highest BCUT2D eigenvalue weighted by Crippen LogP contribution is 2.27. The van der Waals surface area contributed by atoms with Crippen molar-refractivity contribution in [3.63, 3.8) is 0 Å². The Bertz CT molecular complexity index is 770.